The number of aryl methyl sites for hydroxylation is 1. The maximum Gasteiger partial charge on any atom is 0.273 e. The van der Waals surface area contributed by atoms with Crippen LogP contribution in [-0.4, -0.2) is 27.7 Å². The highest BCUT2D eigenvalue weighted by Gasteiger charge is 2.10. The van der Waals surface area contributed by atoms with Gasteiger partial charge in [-0.2, -0.15) is 4.98 Å². The Labute approximate surface area is 130 Å². The molecule has 0 atom stereocenters. The third kappa shape index (κ3) is 3.79. The van der Waals surface area contributed by atoms with E-state index < -0.39 is 0 Å². The van der Waals surface area contributed by atoms with Crippen molar-refractivity contribution in [1.29, 1.82) is 0 Å². The van der Waals surface area contributed by atoms with Crippen LogP contribution in [-0.2, 0) is 6.42 Å². The van der Waals surface area contributed by atoms with Crippen LogP contribution in [0.4, 0.5) is 4.39 Å². The Kier molecular flexibility index (Phi) is 4.41. The summed E-state index contributed by atoms with van der Waals surface area (Å²) in [5, 5.41) is 10.1. The first-order valence-corrected chi connectivity index (χ1v) is 6.99. The Balaban J connectivity index is 1.48. The first-order valence-electron chi connectivity index (χ1n) is 6.99. The van der Waals surface area contributed by atoms with Gasteiger partial charge in [-0.25, -0.2) is 4.39 Å². The number of hydrogen-bond acceptors (Lipinski definition) is 6. The van der Waals surface area contributed by atoms with Gasteiger partial charge in [0.15, 0.2) is 5.69 Å². The maximum atomic E-state index is 12.9. The summed E-state index contributed by atoms with van der Waals surface area (Å²) in [4.78, 5) is 15.9. The molecule has 0 spiro atoms. The van der Waals surface area contributed by atoms with Gasteiger partial charge in [0.1, 0.15) is 12.1 Å². The number of rotatable bonds is 6. The van der Waals surface area contributed by atoms with Crippen molar-refractivity contribution < 1.29 is 18.2 Å². The Bertz CT molecular complexity index is 768. The summed E-state index contributed by atoms with van der Waals surface area (Å²) in [5.74, 6) is 0.253. The average molecular weight is 316 g/mol. The molecule has 0 saturated carbocycles. The number of amides is 1. The predicted molar refractivity (Wildman–Crippen MR) is 76.8 cm³/mol. The summed E-state index contributed by atoms with van der Waals surface area (Å²) in [6.45, 7) is 0.444. The highest BCUT2D eigenvalue weighted by Crippen LogP contribution is 2.16. The van der Waals surface area contributed by atoms with Gasteiger partial charge >= 0.3 is 0 Å². The molecule has 8 heteroatoms. The van der Waals surface area contributed by atoms with E-state index in [1.165, 1.54) is 24.5 Å². The molecule has 23 heavy (non-hydrogen) atoms. The van der Waals surface area contributed by atoms with Gasteiger partial charge in [-0.3, -0.25) is 4.79 Å². The zero-order valence-corrected chi connectivity index (χ0v) is 12.0. The topological polar surface area (TPSA) is 94.1 Å². The van der Waals surface area contributed by atoms with Crippen LogP contribution >= 0.6 is 0 Å². The van der Waals surface area contributed by atoms with Crippen LogP contribution in [0.15, 0.2) is 45.6 Å². The molecule has 3 aromatic rings. The number of aromatic nitrogens is 3. The Morgan fingerprint density at radius 2 is 2.00 bits per heavy atom. The average Bonchev–Trinajstić information content (AvgIpc) is 3.24. The molecule has 3 rings (SSSR count). The lowest BCUT2D eigenvalue weighted by atomic mass is 10.2. The van der Waals surface area contributed by atoms with Crippen molar-refractivity contribution in [2.45, 2.75) is 12.8 Å². The standard InChI is InChI=1S/C15H13FN4O3/c16-11-5-3-10(4-6-11)14-18-13(23-20-14)2-1-8-17-15(21)12-7-9-22-19-12/h3-7,9H,1-2,8H2,(H,17,21). The van der Waals surface area contributed by atoms with Gasteiger partial charge < -0.3 is 14.4 Å². The van der Waals surface area contributed by atoms with Crippen molar-refractivity contribution in [2.75, 3.05) is 6.54 Å². The second-order valence-corrected chi connectivity index (χ2v) is 4.76. The molecule has 1 N–H and O–H groups in total. The largest absolute Gasteiger partial charge is 0.364 e. The van der Waals surface area contributed by atoms with E-state index in [1.807, 2.05) is 0 Å². The minimum absolute atomic E-state index is 0.237. The molecule has 2 aromatic heterocycles. The molecule has 0 unspecified atom stereocenters. The van der Waals surface area contributed by atoms with E-state index >= 15 is 0 Å². The SMILES string of the molecule is O=C(NCCCc1nc(-c2ccc(F)cc2)no1)c1ccon1. The lowest BCUT2D eigenvalue weighted by Gasteiger charge is -2.00. The Hall–Kier alpha value is -3.03. The van der Waals surface area contributed by atoms with E-state index in [4.69, 9.17) is 4.52 Å². The quantitative estimate of drug-likeness (QED) is 0.701. The molecule has 1 amide bonds. The fourth-order valence-corrected chi connectivity index (χ4v) is 1.93. The zero-order valence-electron chi connectivity index (χ0n) is 12.0. The summed E-state index contributed by atoms with van der Waals surface area (Å²) in [5.41, 5.74) is 0.919. The molecule has 7 nitrogen and oxygen atoms in total. The van der Waals surface area contributed by atoms with Gasteiger partial charge in [-0.1, -0.05) is 10.3 Å². The molecule has 0 fully saturated rings. The Morgan fingerprint density at radius 1 is 1.17 bits per heavy atom. The number of halogens is 1. The van der Waals surface area contributed by atoms with Gasteiger partial charge in [-0.15, -0.1) is 0 Å². The molecular formula is C15H13FN4O3. The molecule has 0 saturated heterocycles. The Morgan fingerprint density at radius 3 is 2.74 bits per heavy atom. The van der Waals surface area contributed by atoms with Crippen molar-refractivity contribution in [3.05, 3.63) is 54.0 Å². The van der Waals surface area contributed by atoms with Crippen LogP contribution in [0, 0.1) is 5.82 Å². The number of carbonyl (C=O) groups excluding carboxylic acids is 1. The lowest BCUT2D eigenvalue weighted by molar-refractivity contribution is 0.0944. The molecule has 0 bridgehead atoms. The van der Waals surface area contributed by atoms with Crippen LogP contribution in [0.5, 0.6) is 0 Å². The normalized spacial score (nSPS) is 10.7. The molecule has 0 radical (unpaired) electrons. The van der Waals surface area contributed by atoms with Crippen molar-refractivity contribution in [3.8, 4) is 11.4 Å². The summed E-state index contributed by atoms with van der Waals surface area (Å²) in [6, 6.07) is 7.34. The van der Waals surface area contributed by atoms with Gasteiger partial charge in [0, 0.05) is 24.6 Å². The smallest absolute Gasteiger partial charge is 0.273 e. The first-order chi connectivity index (χ1) is 11.2. The minimum Gasteiger partial charge on any atom is -0.364 e. The van der Waals surface area contributed by atoms with E-state index in [0.717, 1.165) is 0 Å². The van der Waals surface area contributed by atoms with Gasteiger partial charge in [0.05, 0.1) is 0 Å². The lowest BCUT2D eigenvalue weighted by Crippen LogP contribution is -2.25. The third-order valence-corrected chi connectivity index (χ3v) is 3.09. The van der Waals surface area contributed by atoms with Crippen molar-refractivity contribution in [2.24, 2.45) is 0 Å². The van der Waals surface area contributed by atoms with Gasteiger partial charge in [0.25, 0.3) is 5.91 Å². The van der Waals surface area contributed by atoms with Crippen molar-refractivity contribution >= 4 is 5.91 Å². The van der Waals surface area contributed by atoms with Crippen LogP contribution < -0.4 is 5.32 Å². The molecular weight excluding hydrogens is 303 g/mol. The second-order valence-electron chi connectivity index (χ2n) is 4.76. The summed E-state index contributed by atoms with van der Waals surface area (Å²) >= 11 is 0. The second kappa shape index (κ2) is 6.82. The highest BCUT2D eigenvalue weighted by molar-refractivity contribution is 5.91. The number of benzene rings is 1. The molecule has 0 aliphatic carbocycles. The van der Waals surface area contributed by atoms with E-state index in [-0.39, 0.29) is 17.4 Å². The van der Waals surface area contributed by atoms with E-state index in [9.17, 15) is 9.18 Å². The number of nitrogens with one attached hydrogen (secondary N) is 1. The first kappa shape index (κ1) is 14.9. The van der Waals surface area contributed by atoms with Gasteiger partial charge in [-0.05, 0) is 30.7 Å². The molecule has 118 valence electrons. The third-order valence-electron chi connectivity index (χ3n) is 3.09. The minimum atomic E-state index is -0.319. The molecule has 0 aliphatic rings. The van der Waals surface area contributed by atoms with Crippen LogP contribution in [0.25, 0.3) is 11.4 Å². The van der Waals surface area contributed by atoms with Crippen molar-refractivity contribution in [3.63, 3.8) is 0 Å². The van der Waals surface area contributed by atoms with Gasteiger partial charge in [0.2, 0.25) is 11.7 Å². The van der Waals surface area contributed by atoms with Crippen LogP contribution in [0.3, 0.4) is 0 Å². The van der Waals surface area contributed by atoms with Crippen LogP contribution in [0.1, 0.15) is 22.8 Å². The summed E-state index contributed by atoms with van der Waals surface area (Å²) in [6.07, 6.45) is 2.49. The molecule has 2 heterocycles. The number of hydrogen-bond donors (Lipinski definition) is 1. The molecule has 0 aliphatic heterocycles. The summed E-state index contributed by atoms with van der Waals surface area (Å²) < 4.78 is 22.6. The fraction of sp³-hybridized carbons (Fsp3) is 0.200. The zero-order chi connectivity index (χ0) is 16.1. The van der Waals surface area contributed by atoms with E-state index in [1.54, 1.807) is 12.1 Å². The molecule has 1 aromatic carbocycles. The fourth-order valence-electron chi connectivity index (χ4n) is 1.93. The predicted octanol–water partition coefficient (Wildman–Crippen LogP) is 2.23. The van der Waals surface area contributed by atoms with Crippen molar-refractivity contribution in [1.82, 2.24) is 20.6 Å². The number of nitrogens with zero attached hydrogens (tertiary/aromatic N) is 3. The maximum absolute atomic E-state index is 12.9. The van der Waals surface area contributed by atoms with Crippen LogP contribution in [0.2, 0.25) is 0 Å². The van der Waals surface area contributed by atoms with E-state index in [0.29, 0.717) is 36.7 Å². The number of carbonyl (C=O) groups is 1. The monoisotopic (exact) mass is 316 g/mol. The summed E-state index contributed by atoms with van der Waals surface area (Å²) in [7, 11) is 0. The highest BCUT2D eigenvalue weighted by atomic mass is 19.1. The van der Waals surface area contributed by atoms with E-state index in [2.05, 4.69) is 25.1 Å².